The van der Waals surface area contributed by atoms with Crippen molar-refractivity contribution in [2.24, 2.45) is 0 Å². The third-order valence-corrected chi connectivity index (χ3v) is 6.40. The molecule has 1 saturated heterocycles. The van der Waals surface area contributed by atoms with Crippen LogP contribution >= 0.6 is 0 Å². The van der Waals surface area contributed by atoms with Gasteiger partial charge in [0.1, 0.15) is 5.75 Å². The Morgan fingerprint density at radius 1 is 1.07 bits per heavy atom. The molecule has 0 unspecified atom stereocenters. The molecule has 0 radical (unpaired) electrons. The van der Waals surface area contributed by atoms with Gasteiger partial charge in [-0.25, -0.2) is 13.1 Å². The van der Waals surface area contributed by atoms with Crippen LogP contribution in [-0.4, -0.2) is 33.5 Å². The largest absolute Gasteiger partial charge is 0.496 e. The standard InChI is InChI=1S/C21H28N2O3S/c1-3-19-14-20(9-10-21(19)26-2)27(24,25)22-15-17-7-6-8-18(13-17)16-23-11-4-5-12-23/h6-10,13-14,22H,3-5,11-12,15-16H2,1-2H3. The van der Waals surface area contributed by atoms with Gasteiger partial charge in [0, 0.05) is 13.1 Å². The van der Waals surface area contributed by atoms with E-state index in [1.165, 1.54) is 18.4 Å². The van der Waals surface area contributed by atoms with E-state index in [1.807, 2.05) is 19.1 Å². The van der Waals surface area contributed by atoms with Crippen molar-refractivity contribution in [1.82, 2.24) is 9.62 Å². The fourth-order valence-corrected chi connectivity index (χ4v) is 4.56. The van der Waals surface area contributed by atoms with Gasteiger partial charge in [-0.15, -0.1) is 0 Å². The number of nitrogens with zero attached hydrogens (tertiary/aromatic N) is 1. The summed E-state index contributed by atoms with van der Waals surface area (Å²) in [6.07, 6.45) is 3.24. The molecule has 0 aliphatic carbocycles. The van der Waals surface area contributed by atoms with Gasteiger partial charge in [-0.2, -0.15) is 0 Å². The number of methoxy groups -OCH3 is 1. The van der Waals surface area contributed by atoms with Crippen LogP contribution in [0, 0.1) is 0 Å². The van der Waals surface area contributed by atoms with Crippen molar-refractivity contribution in [3.8, 4) is 5.75 Å². The maximum Gasteiger partial charge on any atom is 0.240 e. The Kier molecular flexibility index (Phi) is 6.52. The summed E-state index contributed by atoms with van der Waals surface area (Å²) in [5, 5.41) is 0. The zero-order valence-corrected chi connectivity index (χ0v) is 16.9. The van der Waals surface area contributed by atoms with Gasteiger partial charge in [-0.1, -0.05) is 31.2 Å². The lowest BCUT2D eigenvalue weighted by Crippen LogP contribution is -2.23. The van der Waals surface area contributed by atoms with Gasteiger partial charge in [-0.05, 0) is 67.2 Å². The first-order valence-electron chi connectivity index (χ1n) is 9.48. The highest BCUT2D eigenvalue weighted by atomic mass is 32.2. The maximum atomic E-state index is 12.7. The van der Waals surface area contributed by atoms with Crippen molar-refractivity contribution < 1.29 is 13.2 Å². The van der Waals surface area contributed by atoms with Crippen molar-refractivity contribution in [2.75, 3.05) is 20.2 Å². The lowest BCUT2D eigenvalue weighted by molar-refractivity contribution is 0.331. The molecule has 0 saturated carbocycles. The second-order valence-corrected chi connectivity index (χ2v) is 8.72. The van der Waals surface area contributed by atoms with E-state index >= 15 is 0 Å². The number of rotatable bonds is 8. The van der Waals surface area contributed by atoms with Gasteiger partial charge in [-0.3, -0.25) is 4.90 Å². The van der Waals surface area contributed by atoms with Crippen molar-refractivity contribution >= 4 is 10.0 Å². The SMILES string of the molecule is CCc1cc(S(=O)(=O)NCc2cccc(CN3CCCC3)c2)ccc1OC. The minimum atomic E-state index is -3.57. The zero-order chi connectivity index (χ0) is 19.3. The molecule has 1 heterocycles. The minimum Gasteiger partial charge on any atom is -0.496 e. The molecule has 0 atom stereocenters. The Morgan fingerprint density at radius 3 is 2.52 bits per heavy atom. The third-order valence-electron chi connectivity index (χ3n) is 5.01. The van der Waals surface area contributed by atoms with E-state index in [0.717, 1.165) is 30.8 Å². The molecule has 2 aromatic carbocycles. The van der Waals surface area contributed by atoms with Gasteiger partial charge in [0.05, 0.1) is 12.0 Å². The predicted octanol–water partition coefficient (Wildman–Crippen LogP) is 3.33. The molecule has 27 heavy (non-hydrogen) atoms. The fraction of sp³-hybridized carbons (Fsp3) is 0.429. The first kappa shape index (κ1) is 19.9. The predicted molar refractivity (Wildman–Crippen MR) is 107 cm³/mol. The second kappa shape index (κ2) is 8.87. The molecule has 1 N–H and O–H groups in total. The number of hydrogen-bond donors (Lipinski definition) is 1. The number of nitrogens with one attached hydrogen (secondary N) is 1. The highest BCUT2D eigenvalue weighted by molar-refractivity contribution is 7.89. The molecule has 5 nitrogen and oxygen atoms in total. The topological polar surface area (TPSA) is 58.6 Å². The average Bonchev–Trinajstić information content (AvgIpc) is 3.19. The number of hydrogen-bond acceptors (Lipinski definition) is 4. The van der Waals surface area contributed by atoms with Crippen LogP contribution in [0.4, 0.5) is 0 Å². The summed E-state index contributed by atoms with van der Waals surface area (Å²) in [4.78, 5) is 2.71. The van der Waals surface area contributed by atoms with E-state index in [1.54, 1.807) is 25.3 Å². The van der Waals surface area contributed by atoms with Crippen LogP contribution in [0.25, 0.3) is 0 Å². The number of benzene rings is 2. The molecular formula is C21H28N2O3S. The lowest BCUT2D eigenvalue weighted by Gasteiger charge is -2.15. The van der Waals surface area contributed by atoms with E-state index in [-0.39, 0.29) is 11.4 Å². The fourth-order valence-electron chi connectivity index (χ4n) is 3.50. The zero-order valence-electron chi connectivity index (χ0n) is 16.1. The van der Waals surface area contributed by atoms with Gasteiger partial charge in [0.15, 0.2) is 0 Å². The van der Waals surface area contributed by atoms with E-state index in [4.69, 9.17) is 4.74 Å². The van der Waals surface area contributed by atoms with E-state index in [0.29, 0.717) is 12.2 Å². The molecule has 2 aromatic rings. The Morgan fingerprint density at radius 2 is 1.81 bits per heavy atom. The molecule has 0 spiro atoms. The van der Waals surface area contributed by atoms with Crippen molar-refractivity contribution in [1.29, 1.82) is 0 Å². The highest BCUT2D eigenvalue weighted by Crippen LogP contribution is 2.23. The van der Waals surface area contributed by atoms with Gasteiger partial charge < -0.3 is 4.74 Å². The first-order valence-corrected chi connectivity index (χ1v) is 11.0. The number of ether oxygens (including phenoxy) is 1. The summed E-state index contributed by atoms with van der Waals surface area (Å²) in [5.74, 6) is 0.714. The molecule has 3 rings (SSSR count). The quantitative estimate of drug-likeness (QED) is 0.754. The Labute approximate surface area is 162 Å². The average molecular weight is 389 g/mol. The molecule has 1 aliphatic rings. The molecule has 6 heteroatoms. The van der Waals surface area contributed by atoms with Crippen LogP contribution < -0.4 is 9.46 Å². The number of likely N-dealkylation sites (tertiary alicyclic amines) is 1. The van der Waals surface area contributed by atoms with E-state index in [2.05, 4.69) is 21.8 Å². The summed E-state index contributed by atoms with van der Waals surface area (Å²) < 4.78 is 33.4. The summed E-state index contributed by atoms with van der Waals surface area (Å²) in [7, 11) is -1.97. The first-order chi connectivity index (χ1) is 13.0. The Bertz CT molecular complexity index is 875. The summed E-state index contributed by atoms with van der Waals surface area (Å²) in [6, 6.07) is 13.1. The van der Waals surface area contributed by atoms with Crippen LogP contribution in [-0.2, 0) is 29.5 Å². The summed E-state index contributed by atoms with van der Waals surface area (Å²) >= 11 is 0. The van der Waals surface area contributed by atoms with Crippen LogP contribution in [0.1, 0.15) is 36.5 Å². The Hall–Kier alpha value is -1.89. The summed E-state index contributed by atoms with van der Waals surface area (Å²) in [5.41, 5.74) is 3.08. The highest BCUT2D eigenvalue weighted by Gasteiger charge is 2.16. The number of sulfonamides is 1. The van der Waals surface area contributed by atoms with Gasteiger partial charge >= 0.3 is 0 Å². The van der Waals surface area contributed by atoms with Gasteiger partial charge in [0.25, 0.3) is 0 Å². The van der Waals surface area contributed by atoms with Crippen LogP contribution in [0.3, 0.4) is 0 Å². The minimum absolute atomic E-state index is 0.272. The van der Waals surface area contributed by atoms with Crippen molar-refractivity contribution in [3.63, 3.8) is 0 Å². The van der Waals surface area contributed by atoms with E-state index in [9.17, 15) is 8.42 Å². The normalized spacial score (nSPS) is 15.2. The third kappa shape index (κ3) is 5.09. The molecule has 0 bridgehead atoms. The second-order valence-electron chi connectivity index (χ2n) is 6.95. The monoisotopic (exact) mass is 388 g/mol. The van der Waals surface area contributed by atoms with Crippen LogP contribution in [0.5, 0.6) is 5.75 Å². The molecule has 146 valence electrons. The molecule has 1 fully saturated rings. The van der Waals surface area contributed by atoms with Crippen LogP contribution in [0.15, 0.2) is 47.4 Å². The molecular weight excluding hydrogens is 360 g/mol. The molecule has 0 amide bonds. The van der Waals surface area contributed by atoms with Gasteiger partial charge in [0.2, 0.25) is 10.0 Å². The smallest absolute Gasteiger partial charge is 0.240 e. The van der Waals surface area contributed by atoms with E-state index < -0.39 is 10.0 Å². The van der Waals surface area contributed by atoms with Crippen LogP contribution in [0.2, 0.25) is 0 Å². The maximum absolute atomic E-state index is 12.7. The van der Waals surface area contributed by atoms with Crippen molar-refractivity contribution in [2.45, 2.75) is 44.2 Å². The summed E-state index contributed by atoms with van der Waals surface area (Å²) in [6.45, 7) is 5.48. The lowest BCUT2D eigenvalue weighted by atomic mass is 10.1. The molecule has 0 aromatic heterocycles. The van der Waals surface area contributed by atoms with Crippen molar-refractivity contribution in [3.05, 3.63) is 59.2 Å². The Balaban J connectivity index is 1.68. The molecule has 1 aliphatic heterocycles. The number of aryl methyl sites for hydroxylation is 1.